The van der Waals surface area contributed by atoms with Crippen LogP contribution >= 0.6 is 0 Å². The Balaban J connectivity index is 0.000000727. The maximum absolute atomic E-state index is 7.75. The van der Waals surface area contributed by atoms with Crippen LogP contribution in [-0.4, -0.2) is 16.8 Å². The third-order valence-electron chi connectivity index (χ3n) is 5.83. The van der Waals surface area contributed by atoms with Crippen molar-refractivity contribution in [2.24, 2.45) is 0 Å². The van der Waals surface area contributed by atoms with E-state index in [2.05, 4.69) is 43.2 Å². The molecule has 0 aliphatic heterocycles. The monoisotopic (exact) mass is 692 g/mol. The second-order valence-corrected chi connectivity index (χ2v) is 8.64. The Labute approximate surface area is 239 Å². The van der Waals surface area contributed by atoms with Crippen LogP contribution in [0.25, 0.3) is 55.1 Å². The molecule has 0 spiro atoms. The van der Waals surface area contributed by atoms with Gasteiger partial charge in [-0.1, -0.05) is 84.9 Å². The molecule has 6 aromatic rings. The van der Waals surface area contributed by atoms with E-state index in [4.69, 9.17) is 51.9 Å². The van der Waals surface area contributed by atoms with Crippen molar-refractivity contribution in [3.05, 3.63) is 104 Å². The molecule has 7 heteroatoms. The maximum Gasteiger partial charge on any atom is 0.0809 e. The predicted molar refractivity (Wildman–Crippen MR) is 148 cm³/mol. The van der Waals surface area contributed by atoms with Crippen molar-refractivity contribution in [3.8, 4) is 22.5 Å². The van der Waals surface area contributed by atoms with E-state index in [9.17, 15) is 0 Å². The van der Waals surface area contributed by atoms with E-state index in [0.29, 0.717) is 0 Å². The maximum atomic E-state index is 7.75. The molecule has 1 radical (unpaired) electrons. The number of aromatic nitrogens is 2. The SMILES string of the molecule is [C-]#N.[CH-]=O.[Ir].[S-]c1ccccc1-c1ccc2ccc3ccc4ccc(-c5ccccc5[S-])nc4c3c2n1. The van der Waals surface area contributed by atoms with Crippen molar-refractivity contribution in [1.82, 2.24) is 9.97 Å². The van der Waals surface area contributed by atoms with Crippen LogP contribution in [0.2, 0.25) is 0 Å². The van der Waals surface area contributed by atoms with Gasteiger partial charge >= 0.3 is 0 Å². The van der Waals surface area contributed by atoms with E-state index >= 15 is 0 Å². The Morgan fingerprint density at radius 1 is 0.568 bits per heavy atom. The summed E-state index contributed by atoms with van der Waals surface area (Å²) < 4.78 is 0. The van der Waals surface area contributed by atoms with Crippen molar-refractivity contribution >= 4 is 64.6 Å². The molecule has 2 aromatic heterocycles. The smallest absolute Gasteiger partial charge is 0.0809 e. The second kappa shape index (κ2) is 12.4. The Hall–Kier alpha value is -3.79. The van der Waals surface area contributed by atoms with E-state index < -0.39 is 0 Å². The summed E-state index contributed by atoms with van der Waals surface area (Å²) in [5, 5.41) is 10.6. The molecule has 0 fully saturated rings. The number of pyridine rings is 2. The van der Waals surface area contributed by atoms with Gasteiger partial charge in [0.25, 0.3) is 0 Å². The first kappa shape index (κ1) is 27.8. The zero-order chi connectivity index (χ0) is 25.7. The molecule has 0 amide bonds. The first-order chi connectivity index (χ1) is 17.7. The Kier molecular flexibility index (Phi) is 9.35. The summed E-state index contributed by atoms with van der Waals surface area (Å²) in [4.78, 5) is 19.5. The molecule has 4 nitrogen and oxygen atoms in total. The fraction of sp³-hybridized carbons (Fsp3) is 0. The van der Waals surface area contributed by atoms with Gasteiger partial charge in [-0.05, 0) is 28.6 Å². The Morgan fingerprint density at radius 3 is 1.32 bits per heavy atom. The van der Waals surface area contributed by atoms with Gasteiger partial charge in [-0.2, -0.15) is 9.79 Å². The van der Waals surface area contributed by atoms with Gasteiger partial charge in [0.2, 0.25) is 0 Å². The molecule has 0 bridgehead atoms. The molecule has 2 heterocycles. The number of carbonyl (C=O) groups excluding carboxylic acids is 1. The van der Waals surface area contributed by atoms with Crippen LogP contribution in [-0.2, 0) is 50.2 Å². The van der Waals surface area contributed by atoms with E-state index in [-0.39, 0.29) is 20.1 Å². The Bertz CT molecular complexity index is 1620. The summed E-state index contributed by atoms with van der Waals surface area (Å²) in [5.41, 5.74) is 5.55. The third kappa shape index (κ3) is 5.34. The van der Waals surface area contributed by atoms with E-state index in [1.165, 1.54) is 0 Å². The molecule has 183 valence electrons. The summed E-state index contributed by atoms with van der Waals surface area (Å²) in [7, 11) is 0. The molecule has 37 heavy (non-hydrogen) atoms. The van der Waals surface area contributed by atoms with Crippen molar-refractivity contribution in [1.29, 1.82) is 5.26 Å². The zero-order valence-electron chi connectivity index (χ0n) is 19.2. The van der Waals surface area contributed by atoms with Crippen molar-refractivity contribution < 1.29 is 24.9 Å². The molecule has 0 aliphatic carbocycles. The predicted octanol–water partition coefficient (Wildman–Crippen LogP) is 6.90. The standard InChI is InChI=1S/C28H18N2S2.CN.CHO.Ir/c31-24-7-3-1-5-20(24)22-15-13-18-11-9-17-10-12-19-14-16-23(21-6-2-4-8-25(21)32)30-28(19)26(17)27(18)29-22;2*1-2;/h1-16,31-32H;;1H;/q;2*-1;/p-2. The molecule has 4 aromatic carbocycles. The molecule has 0 N–H and O–H groups in total. The molecule has 0 atom stereocenters. The fourth-order valence-electron chi connectivity index (χ4n) is 4.23. The summed E-state index contributed by atoms with van der Waals surface area (Å²) >= 11 is 11.1. The minimum Gasteiger partial charge on any atom is -0.779 e. The average molecular weight is 692 g/mol. The van der Waals surface area contributed by atoms with Crippen molar-refractivity contribution in [3.63, 3.8) is 0 Å². The number of hydrogen-bond acceptors (Lipinski definition) is 6. The normalized spacial score (nSPS) is 10.0. The largest absolute Gasteiger partial charge is 0.779 e. The van der Waals surface area contributed by atoms with Crippen LogP contribution in [0.3, 0.4) is 0 Å². The minimum absolute atomic E-state index is 0. The minimum atomic E-state index is 0. The van der Waals surface area contributed by atoms with Gasteiger partial charge in [-0.3, -0.25) is 6.79 Å². The molecule has 0 saturated heterocycles. The summed E-state index contributed by atoms with van der Waals surface area (Å²) in [6.45, 7) is 8.00. The summed E-state index contributed by atoms with van der Waals surface area (Å²) in [6.07, 6.45) is 0. The number of hydrogen-bond donors (Lipinski definition) is 0. The quantitative estimate of drug-likeness (QED) is 0.0853. The number of nitrogens with zero attached hydrogens (tertiary/aromatic N) is 3. The molecule has 6 rings (SSSR count). The van der Waals surface area contributed by atoms with Crippen molar-refractivity contribution in [2.75, 3.05) is 0 Å². The van der Waals surface area contributed by atoms with E-state index in [1.807, 2.05) is 60.7 Å². The van der Waals surface area contributed by atoms with Gasteiger partial charge in [-0.25, -0.2) is 9.97 Å². The van der Waals surface area contributed by atoms with Gasteiger partial charge in [0.05, 0.1) is 22.4 Å². The van der Waals surface area contributed by atoms with Gasteiger partial charge in [0.1, 0.15) is 0 Å². The number of rotatable bonds is 2. The number of fused-ring (bicyclic) bond motifs is 5. The average Bonchev–Trinajstić information content (AvgIpc) is 2.95. The van der Waals surface area contributed by atoms with Gasteiger partial charge in [0, 0.05) is 36.3 Å². The van der Waals surface area contributed by atoms with Crippen LogP contribution in [0.4, 0.5) is 0 Å². The zero-order valence-corrected chi connectivity index (χ0v) is 23.2. The van der Waals surface area contributed by atoms with Gasteiger partial charge in [0.15, 0.2) is 0 Å². The van der Waals surface area contributed by atoms with Gasteiger partial charge < -0.3 is 41.9 Å². The van der Waals surface area contributed by atoms with E-state index in [1.54, 1.807) is 0 Å². The van der Waals surface area contributed by atoms with Gasteiger partial charge in [-0.15, -0.1) is 0 Å². The fourth-order valence-corrected chi connectivity index (χ4v) is 4.74. The Morgan fingerprint density at radius 2 is 0.919 bits per heavy atom. The van der Waals surface area contributed by atoms with Crippen LogP contribution in [0, 0.1) is 11.8 Å². The van der Waals surface area contributed by atoms with Crippen LogP contribution < -0.4 is 0 Å². The molecular weight excluding hydrogens is 675 g/mol. The summed E-state index contributed by atoms with van der Waals surface area (Å²) in [6, 6.07) is 32.6. The first-order valence-electron chi connectivity index (χ1n) is 10.8. The molecular formula is C30H17IrN3OS2-4. The van der Waals surface area contributed by atoms with E-state index in [0.717, 1.165) is 64.9 Å². The summed E-state index contributed by atoms with van der Waals surface area (Å²) in [5.74, 6) is 0. The van der Waals surface area contributed by atoms with Crippen LogP contribution in [0.1, 0.15) is 0 Å². The second-order valence-electron chi connectivity index (χ2n) is 7.76. The van der Waals surface area contributed by atoms with Crippen molar-refractivity contribution in [2.45, 2.75) is 9.79 Å². The van der Waals surface area contributed by atoms with Crippen LogP contribution in [0.5, 0.6) is 0 Å². The molecule has 0 unspecified atom stereocenters. The number of benzene rings is 4. The third-order valence-corrected chi connectivity index (χ3v) is 6.54. The first-order valence-corrected chi connectivity index (χ1v) is 11.6. The topological polar surface area (TPSA) is 66.6 Å². The molecule has 0 aliphatic rings. The molecule has 0 saturated carbocycles. The van der Waals surface area contributed by atoms with Crippen LogP contribution in [0.15, 0.2) is 107 Å².